The zero-order valence-electron chi connectivity index (χ0n) is 1.90. The van der Waals surface area contributed by atoms with Crippen molar-refractivity contribution in [3.05, 3.63) is 0 Å². The van der Waals surface area contributed by atoms with E-state index < -0.39 is 0 Å². The second-order valence-corrected chi connectivity index (χ2v) is 0. The number of quaternary nitrogens is 1. The molecule has 0 saturated heterocycles. The molecule has 0 atom stereocenters. The summed E-state index contributed by atoms with van der Waals surface area (Å²) in [5, 5.41) is 0. The fourth-order valence-corrected chi connectivity index (χ4v) is 0. The van der Waals surface area contributed by atoms with Crippen LogP contribution in [0.5, 0.6) is 0 Å². The van der Waals surface area contributed by atoms with E-state index in [0.29, 0.717) is 0 Å². The summed E-state index contributed by atoms with van der Waals surface area (Å²) in [6.07, 6.45) is 0. The van der Waals surface area contributed by atoms with Crippen molar-refractivity contribution in [1.29, 1.82) is 0 Å². The molecule has 0 aromatic rings. The fourth-order valence-electron chi connectivity index (χ4n) is 0. The fraction of sp³-hybridized carbons (Fsp3) is 0. The summed E-state index contributed by atoms with van der Waals surface area (Å²) >= 11 is 1.70. The normalized spacial score (nSPS) is 1.25. The Morgan fingerprint density at radius 3 is 1.25 bits per heavy atom. The third-order valence-electron chi connectivity index (χ3n) is 0. The van der Waals surface area contributed by atoms with Gasteiger partial charge in [0.05, 0.1) is 0 Å². The van der Waals surface area contributed by atoms with E-state index in [1.54, 1.807) is 20.1 Å². The summed E-state index contributed by atoms with van der Waals surface area (Å²) in [4.78, 5) is 0. The monoisotopic (exact) mass is 170 g/mol. The van der Waals surface area contributed by atoms with Crippen LogP contribution in [-0.4, -0.2) is 0 Å². The minimum atomic E-state index is 0. The number of halogens is 2. The van der Waals surface area contributed by atoms with E-state index in [4.69, 9.17) is 0 Å². The Bertz CT molecular complexity index is 8.00. The van der Waals surface area contributed by atoms with Gasteiger partial charge in [0.15, 0.2) is 0 Å². The zero-order chi connectivity index (χ0) is 2.00. The molecule has 0 amide bonds. The molecule has 3 N–H and O–H groups in total. The molecule has 1 nitrogen and oxygen atoms in total. The van der Waals surface area contributed by atoms with Crippen LogP contribution in [0.3, 0.4) is 0 Å². The van der Waals surface area contributed by atoms with E-state index in [0.717, 1.165) is 0 Å². The molecule has 0 radical (unpaired) electrons. The van der Waals surface area contributed by atoms with Crippen LogP contribution in [0.4, 0.5) is 0 Å². The Balaban J connectivity index is -0.00000000500. The average molecular weight is 168 g/mol. The van der Waals surface area contributed by atoms with Gasteiger partial charge in [-0.05, 0) is 0 Å². The van der Waals surface area contributed by atoms with Gasteiger partial charge in [0, 0.05) is 0 Å². The van der Waals surface area contributed by atoms with Crippen LogP contribution in [0, 0.1) is 0 Å². The molecule has 0 aromatic carbocycles. The van der Waals surface area contributed by atoms with Gasteiger partial charge in [-0.15, -0.1) is 12.4 Å². The van der Waals surface area contributed by atoms with Crippen molar-refractivity contribution in [2.24, 2.45) is 0 Å². The van der Waals surface area contributed by atoms with E-state index in [1.165, 1.54) is 0 Å². The standard InChI is InChI=1S/ClH.FH.Mo.H3N/h2*1H;;1H3/q;;+1;/p-1. The Morgan fingerprint density at radius 1 is 1.25 bits per heavy atom. The van der Waals surface area contributed by atoms with Crippen molar-refractivity contribution in [3.63, 3.8) is 0 Å². The van der Waals surface area contributed by atoms with Gasteiger partial charge < -0.3 is 4.70 Å². The van der Waals surface area contributed by atoms with Crippen LogP contribution in [0.2, 0.25) is 0 Å². The third-order valence-corrected chi connectivity index (χ3v) is 0. The minimum absolute atomic E-state index is 0. The molecule has 0 bridgehead atoms. The molecule has 0 spiro atoms. The van der Waals surface area contributed by atoms with E-state index in [-0.39, 0.29) is 17.1 Å². The SMILES string of the molecule is Cl.[F-].[NH3+][Mo]. The Hall–Kier alpha value is 0.868. The van der Waals surface area contributed by atoms with Crippen molar-refractivity contribution in [2.45, 2.75) is 0 Å². The molecule has 0 aliphatic carbocycles. The van der Waals surface area contributed by atoms with Crippen molar-refractivity contribution in [1.82, 2.24) is 0 Å². The second-order valence-electron chi connectivity index (χ2n) is 0. The van der Waals surface area contributed by atoms with Gasteiger partial charge in [-0.2, -0.15) is 0 Å². The first kappa shape index (κ1) is 20.9. The molecule has 4 heavy (non-hydrogen) atoms. The molecular formula is H4ClFMoN. The Morgan fingerprint density at radius 2 is 1.25 bits per heavy atom. The molecule has 0 rings (SSSR count). The van der Waals surface area contributed by atoms with Crippen LogP contribution >= 0.6 is 12.4 Å². The number of hydrogen-bond donors (Lipinski definition) is 1. The molecular weight excluding hydrogens is 164 g/mol. The van der Waals surface area contributed by atoms with Gasteiger partial charge in [0.2, 0.25) is 0 Å². The quantitative estimate of drug-likeness (QED) is 0.359. The van der Waals surface area contributed by atoms with E-state index in [9.17, 15) is 0 Å². The first-order valence-corrected chi connectivity index (χ1v) is 1.71. The van der Waals surface area contributed by atoms with Gasteiger partial charge in [0.1, 0.15) is 0 Å². The Kier molecular flexibility index (Phi) is 220. The maximum atomic E-state index is 3.26. The van der Waals surface area contributed by atoms with Gasteiger partial charge >= 0.3 is 24.4 Å². The van der Waals surface area contributed by atoms with Crippen molar-refractivity contribution in [3.8, 4) is 0 Å². The summed E-state index contributed by atoms with van der Waals surface area (Å²) in [7, 11) is 0. The number of hydrogen-bond acceptors (Lipinski definition) is 0. The first-order valence-electron chi connectivity index (χ1n) is 0.289. The molecule has 0 aliphatic heterocycles. The molecule has 0 heterocycles. The average Bonchev–Trinajstić information content (AvgIpc) is 1.00. The van der Waals surface area contributed by atoms with Crippen LogP contribution in [-0.2, 0) is 20.1 Å². The third kappa shape index (κ3) is 13.3. The summed E-state index contributed by atoms with van der Waals surface area (Å²) < 4.78 is 3.26. The van der Waals surface area contributed by atoms with Crippen LogP contribution < -0.4 is 9.00 Å². The van der Waals surface area contributed by atoms with Gasteiger partial charge in [0.25, 0.3) is 0 Å². The first-order chi connectivity index (χ1) is 1.00. The van der Waals surface area contributed by atoms with Crippen molar-refractivity contribution < 1.29 is 29.1 Å². The molecule has 4 heteroatoms. The molecule has 0 unspecified atom stereocenters. The molecule has 0 aromatic heterocycles. The van der Waals surface area contributed by atoms with Gasteiger partial charge in [-0.3, -0.25) is 0 Å². The topological polar surface area (TPSA) is 27.6 Å². The maximum absolute atomic E-state index is 3.26. The number of rotatable bonds is 0. The van der Waals surface area contributed by atoms with Crippen LogP contribution in [0.25, 0.3) is 0 Å². The van der Waals surface area contributed by atoms with Crippen LogP contribution in [0.15, 0.2) is 0 Å². The molecule has 29 valence electrons. The van der Waals surface area contributed by atoms with Crippen molar-refractivity contribution in [2.75, 3.05) is 0 Å². The molecule has 0 aliphatic rings. The predicted octanol–water partition coefficient (Wildman–Crippen LogP) is -3.88. The summed E-state index contributed by atoms with van der Waals surface area (Å²) in [6.45, 7) is 0. The molecule has 0 fully saturated rings. The predicted molar refractivity (Wildman–Crippen MR) is 10.1 cm³/mol. The van der Waals surface area contributed by atoms with E-state index in [2.05, 4.69) is 4.29 Å². The van der Waals surface area contributed by atoms with Gasteiger partial charge in [-0.25, -0.2) is 0 Å². The van der Waals surface area contributed by atoms with Crippen LogP contribution in [0.1, 0.15) is 0 Å². The Labute approximate surface area is 41.9 Å². The van der Waals surface area contributed by atoms with Gasteiger partial charge in [-0.1, -0.05) is 0 Å². The van der Waals surface area contributed by atoms with E-state index in [1.807, 2.05) is 0 Å². The second kappa shape index (κ2) is 42.2. The summed E-state index contributed by atoms with van der Waals surface area (Å²) in [5.41, 5.74) is 0. The van der Waals surface area contributed by atoms with Crippen molar-refractivity contribution >= 4 is 12.4 Å². The summed E-state index contributed by atoms with van der Waals surface area (Å²) in [5.74, 6) is 0. The molecule has 0 saturated carbocycles. The summed E-state index contributed by atoms with van der Waals surface area (Å²) in [6, 6.07) is 0. The van der Waals surface area contributed by atoms with E-state index >= 15 is 0 Å². The zero-order valence-corrected chi connectivity index (χ0v) is 4.73.